The predicted molar refractivity (Wildman–Crippen MR) is 74.8 cm³/mol. The van der Waals surface area contributed by atoms with E-state index in [9.17, 15) is 19.5 Å². The van der Waals surface area contributed by atoms with E-state index in [1.165, 1.54) is 6.92 Å². The molecule has 21 heavy (non-hydrogen) atoms. The Morgan fingerprint density at radius 2 is 1.86 bits per heavy atom. The van der Waals surface area contributed by atoms with Gasteiger partial charge < -0.3 is 25.8 Å². The molecule has 0 bridgehead atoms. The minimum Gasteiger partial charge on any atom is -0.481 e. The average molecular weight is 301 g/mol. The molecule has 8 nitrogen and oxygen atoms in total. The van der Waals surface area contributed by atoms with Crippen LogP contribution >= 0.6 is 0 Å². The Morgan fingerprint density at radius 1 is 1.24 bits per heavy atom. The largest absolute Gasteiger partial charge is 0.481 e. The number of carboxylic acids is 1. The highest BCUT2D eigenvalue weighted by Gasteiger charge is 2.47. The molecule has 1 aliphatic rings. The number of carboxylic acid groups (broad SMARTS) is 1. The molecule has 0 spiro atoms. The molecule has 1 fully saturated rings. The molecule has 3 amide bonds. The van der Waals surface area contributed by atoms with Crippen molar-refractivity contribution in [2.75, 3.05) is 13.2 Å². The van der Waals surface area contributed by atoms with E-state index in [2.05, 4.69) is 16.0 Å². The number of hydrogen-bond acceptors (Lipinski definition) is 4. The SMILES string of the molecule is CC(C)NC(=O)C(C)NC(=O)NC1COCC1(C)C(=O)O. The number of amides is 3. The lowest BCUT2D eigenvalue weighted by atomic mass is 9.85. The predicted octanol–water partition coefficient (Wildman–Crippen LogP) is -0.312. The summed E-state index contributed by atoms with van der Waals surface area (Å²) in [7, 11) is 0. The molecule has 8 heteroatoms. The summed E-state index contributed by atoms with van der Waals surface area (Å²) in [4.78, 5) is 34.8. The molecule has 3 unspecified atom stereocenters. The third kappa shape index (κ3) is 4.32. The fourth-order valence-corrected chi connectivity index (χ4v) is 1.96. The van der Waals surface area contributed by atoms with Gasteiger partial charge in [0.25, 0.3) is 0 Å². The summed E-state index contributed by atoms with van der Waals surface area (Å²) in [5.41, 5.74) is -1.17. The van der Waals surface area contributed by atoms with Gasteiger partial charge in [0.1, 0.15) is 11.5 Å². The van der Waals surface area contributed by atoms with E-state index < -0.39 is 29.5 Å². The zero-order valence-electron chi connectivity index (χ0n) is 12.7. The molecule has 0 aromatic heterocycles. The Labute approximate surface area is 123 Å². The van der Waals surface area contributed by atoms with Crippen molar-refractivity contribution in [3.8, 4) is 0 Å². The van der Waals surface area contributed by atoms with Gasteiger partial charge in [-0.3, -0.25) is 9.59 Å². The van der Waals surface area contributed by atoms with Crippen LogP contribution in [0.15, 0.2) is 0 Å². The van der Waals surface area contributed by atoms with Crippen LogP contribution in [0.5, 0.6) is 0 Å². The minimum atomic E-state index is -1.17. The van der Waals surface area contributed by atoms with Crippen molar-refractivity contribution in [3.63, 3.8) is 0 Å². The van der Waals surface area contributed by atoms with Crippen molar-refractivity contribution in [1.82, 2.24) is 16.0 Å². The molecule has 1 heterocycles. The summed E-state index contributed by atoms with van der Waals surface area (Å²) in [6, 6.07) is -1.98. The van der Waals surface area contributed by atoms with Gasteiger partial charge in [0.15, 0.2) is 0 Å². The second-order valence-electron chi connectivity index (χ2n) is 5.79. The molecule has 3 atom stereocenters. The molecule has 0 aromatic carbocycles. The molecule has 4 N–H and O–H groups in total. The maximum Gasteiger partial charge on any atom is 0.315 e. The van der Waals surface area contributed by atoms with Crippen molar-refractivity contribution >= 4 is 17.9 Å². The van der Waals surface area contributed by atoms with E-state index in [0.29, 0.717) is 0 Å². The number of ether oxygens (including phenoxy) is 1. The molecular formula is C13H23N3O5. The molecule has 0 saturated carbocycles. The van der Waals surface area contributed by atoms with Crippen molar-refractivity contribution in [3.05, 3.63) is 0 Å². The molecule has 0 aromatic rings. The van der Waals surface area contributed by atoms with Gasteiger partial charge in [-0.25, -0.2) is 4.79 Å². The van der Waals surface area contributed by atoms with Gasteiger partial charge in [-0.15, -0.1) is 0 Å². The van der Waals surface area contributed by atoms with Crippen LogP contribution in [0.25, 0.3) is 0 Å². The molecule has 0 radical (unpaired) electrons. The van der Waals surface area contributed by atoms with E-state index in [1.54, 1.807) is 6.92 Å². The minimum absolute atomic E-state index is 0.0247. The highest BCUT2D eigenvalue weighted by Crippen LogP contribution is 2.28. The number of nitrogens with one attached hydrogen (secondary N) is 3. The Kier molecular flexibility index (Phi) is 5.54. The van der Waals surface area contributed by atoms with Gasteiger partial charge >= 0.3 is 12.0 Å². The normalized spacial score (nSPS) is 26.2. The highest BCUT2D eigenvalue weighted by molar-refractivity contribution is 5.87. The van der Waals surface area contributed by atoms with E-state index in [-0.39, 0.29) is 25.2 Å². The number of rotatable bonds is 5. The smallest absolute Gasteiger partial charge is 0.315 e. The van der Waals surface area contributed by atoms with Gasteiger partial charge in [-0.2, -0.15) is 0 Å². The molecule has 1 saturated heterocycles. The zero-order chi connectivity index (χ0) is 16.2. The average Bonchev–Trinajstić information content (AvgIpc) is 2.71. The molecule has 120 valence electrons. The van der Waals surface area contributed by atoms with Crippen LogP contribution in [0.4, 0.5) is 4.79 Å². The number of carbonyl (C=O) groups is 3. The lowest BCUT2D eigenvalue weighted by Crippen LogP contribution is -2.56. The molecule has 1 aliphatic heterocycles. The maximum atomic E-state index is 11.9. The first-order chi connectivity index (χ1) is 9.66. The number of aliphatic carboxylic acids is 1. The van der Waals surface area contributed by atoms with E-state index in [1.807, 2.05) is 13.8 Å². The van der Waals surface area contributed by atoms with Crippen LogP contribution in [-0.4, -0.2) is 54.4 Å². The number of carbonyl (C=O) groups excluding carboxylic acids is 2. The topological polar surface area (TPSA) is 117 Å². The first-order valence-corrected chi connectivity index (χ1v) is 6.85. The second kappa shape index (κ2) is 6.75. The van der Waals surface area contributed by atoms with Crippen LogP contribution < -0.4 is 16.0 Å². The molecular weight excluding hydrogens is 278 g/mol. The van der Waals surface area contributed by atoms with Gasteiger partial charge in [-0.05, 0) is 27.7 Å². The standard InChI is InChI=1S/C13H23N3O5/c1-7(2)14-10(17)8(3)15-12(20)16-9-5-21-6-13(9,4)11(18)19/h7-9H,5-6H2,1-4H3,(H,14,17)(H,18,19)(H2,15,16,20). The highest BCUT2D eigenvalue weighted by atomic mass is 16.5. The fraction of sp³-hybridized carbons (Fsp3) is 0.769. The maximum absolute atomic E-state index is 11.9. The van der Waals surface area contributed by atoms with Crippen molar-refractivity contribution in [2.45, 2.75) is 45.8 Å². The first kappa shape index (κ1) is 17.2. The van der Waals surface area contributed by atoms with Crippen LogP contribution in [0.3, 0.4) is 0 Å². The number of hydrogen-bond donors (Lipinski definition) is 4. The monoisotopic (exact) mass is 301 g/mol. The Morgan fingerprint density at radius 3 is 2.38 bits per heavy atom. The van der Waals surface area contributed by atoms with Crippen LogP contribution in [0.2, 0.25) is 0 Å². The lowest BCUT2D eigenvalue weighted by molar-refractivity contribution is -0.148. The van der Waals surface area contributed by atoms with Crippen molar-refractivity contribution in [1.29, 1.82) is 0 Å². The second-order valence-corrected chi connectivity index (χ2v) is 5.79. The van der Waals surface area contributed by atoms with Crippen LogP contribution in [0, 0.1) is 5.41 Å². The third-order valence-corrected chi connectivity index (χ3v) is 3.42. The fourth-order valence-electron chi connectivity index (χ4n) is 1.96. The summed E-state index contributed by atoms with van der Waals surface area (Å²) in [6.07, 6.45) is 0. The van der Waals surface area contributed by atoms with Crippen molar-refractivity contribution < 1.29 is 24.2 Å². The van der Waals surface area contributed by atoms with E-state index in [0.717, 1.165) is 0 Å². The Bertz CT molecular complexity index is 426. The van der Waals surface area contributed by atoms with Crippen LogP contribution in [0.1, 0.15) is 27.7 Å². The summed E-state index contributed by atoms with van der Waals surface area (Å²) in [5, 5.41) is 16.9. The quantitative estimate of drug-likeness (QED) is 0.556. The third-order valence-electron chi connectivity index (χ3n) is 3.42. The van der Waals surface area contributed by atoms with Gasteiger partial charge in [0, 0.05) is 6.04 Å². The number of urea groups is 1. The zero-order valence-corrected chi connectivity index (χ0v) is 12.7. The van der Waals surface area contributed by atoms with E-state index in [4.69, 9.17) is 4.74 Å². The van der Waals surface area contributed by atoms with E-state index >= 15 is 0 Å². The van der Waals surface area contributed by atoms with Gasteiger partial charge in [-0.1, -0.05) is 0 Å². The summed E-state index contributed by atoms with van der Waals surface area (Å²) < 4.78 is 5.14. The van der Waals surface area contributed by atoms with Crippen molar-refractivity contribution in [2.24, 2.45) is 5.41 Å². The Hall–Kier alpha value is -1.83. The summed E-state index contributed by atoms with van der Waals surface area (Å²) >= 11 is 0. The molecule has 0 aliphatic carbocycles. The molecule has 1 rings (SSSR count). The van der Waals surface area contributed by atoms with Gasteiger partial charge in [0.2, 0.25) is 5.91 Å². The lowest BCUT2D eigenvalue weighted by Gasteiger charge is -2.26. The van der Waals surface area contributed by atoms with Crippen LogP contribution in [-0.2, 0) is 14.3 Å². The summed E-state index contributed by atoms with van der Waals surface area (Å²) in [5.74, 6) is -1.33. The van der Waals surface area contributed by atoms with Gasteiger partial charge in [0.05, 0.1) is 19.3 Å². The first-order valence-electron chi connectivity index (χ1n) is 6.85. The summed E-state index contributed by atoms with van der Waals surface area (Å²) in [6.45, 7) is 6.87. The Balaban J connectivity index is 2.54.